The summed E-state index contributed by atoms with van der Waals surface area (Å²) in [6.45, 7) is 4.38. The van der Waals surface area contributed by atoms with Crippen molar-refractivity contribution in [2.24, 2.45) is 0 Å². The Morgan fingerprint density at radius 1 is 1.32 bits per heavy atom. The first-order chi connectivity index (χ1) is 8.93. The van der Waals surface area contributed by atoms with Crippen LogP contribution in [0.3, 0.4) is 0 Å². The number of hydrogen-bond donors (Lipinski definition) is 0. The highest BCUT2D eigenvalue weighted by Crippen LogP contribution is 2.21. The molecule has 1 aliphatic rings. The van der Waals surface area contributed by atoms with Crippen molar-refractivity contribution in [2.75, 3.05) is 13.1 Å². The first-order valence-electron chi connectivity index (χ1n) is 6.09. The first kappa shape index (κ1) is 14.0. The third kappa shape index (κ3) is 2.95. The van der Waals surface area contributed by atoms with Crippen LogP contribution in [0.4, 0.5) is 0 Å². The third-order valence-electron chi connectivity index (χ3n) is 2.99. The molecule has 0 aromatic heterocycles. The number of morpholine rings is 1. The maximum Gasteiger partial charge on any atom is 0.243 e. The number of benzene rings is 1. The van der Waals surface area contributed by atoms with Crippen LogP contribution in [0.1, 0.15) is 19.4 Å². The van der Waals surface area contributed by atoms with Gasteiger partial charge in [0.1, 0.15) is 0 Å². The third-order valence-corrected chi connectivity index (χ3v) is 4.81. The van der Waals surface area contributed by atoms with E-state index in [1.807, 2.05) is 19.9 Å². The standard InChI is InChI=1S/C13H16N2O3S/c1-10-8-15(9-11(2)18-10)19(16,17)13-5-3-4-12(6-13)7-14/h3-6,10-11H,8-9H2,1-2H3/t10-,11-/m0/s1. The van der Waals surface area contributed by atoms with Crippen molar-refractivity contribution in [2.45, 2.75) is 31.0 Å². The van der Waals surface area contributed by atoms with Gasteiger partial charge in [0.2, 0.25) is 10.0 Å². The maximum absolute atomic E-state index is 12.5. The van der Waals surface area contributed by atoms with E-state index in [1.165, 1.54) is 16.4 Å². The molecule has 1 fully saturated rings. The minimum Gasteiger partial charge on any atom is -0.373 e. The summed E-state index contributed by atoms with van der Waals surface area (Å²) in [5.74, 6) is 0. The molecule has 0 bridgehead atoms. The summed E-state index contributed by atoms with van der Waals surface area (Å²) >= 11 is 0. The Morgan fingerprint density at radius 3 is 2.53 bits per heavy atom. The number of sulfonamides is 1. The highest BCUT2D eigenvalue weighted by atomic mass is 32.2. The Bertz CT molecular complexity index is 597. The first-order valence-corrected chi connectivity index (χ1v) is 7.53. The highest BCUT2D eigenvalue weighted by molar-refractivity contribution is 7.89. The minimum absolute atomic E-state index is 0.127. The van der Waals surface area contributed by atoms with Crippen LogP contribution in [0.15, 0.2) is 29.2 Å². The van der Waals surface area contributed by atoms with Crippen LogP contribution >= 0.6 is 0 Å². The molecule has 102 valence electrons. The SMILES string of the molecule is C[C@H]1CN(S(=O)(=O)c2cccc(C#N)c2)C[C@H](C)O1. The number of rotatable bonds is 2. The lowest BCUT2D eigenvalue weighted by Crippen LogP contribution is -2.48. The van der Waals surface area contributed by atoms with E-state index in [9.17, 15) is 8.42 Å². The summed E-state index contributed by atoms with van der Waals surface area (Å²) in [4.78, 5) is 0.160. The summed E-state index contributed by atoms with van der Waals surface area (Å²) in [5, 5.41) is 8.84. The molecule has 6 heteroatoms. The van der Waals surface area contributed by atoms with Gasteiger partial charge in [0.25, 0.3) is 0 Å². The lowest BCUT2D eigenvalue weighted by atomic mass is 10.2. The van der Waals surface area contributed by atoms with E-state index < -0.39 is 10.0 Å². The Labute approximate surface area is 113 Å². The zero-order valence-electron chi connectivity index (χ0n) is 10.9. The van der Waals surface area contributed by atoms with Crippen LogP contribution < -0.4 is 0 Å². The van der Waals surface area contributed by atoms with E-state index in [0.29, 0.717) is 18.7 Å². The monoisotopic (exact) mass is 280 g/mol. The second-order valence-electron chi connectivity index (χ2n) is 4.72. The average molecular weight is 280 g/mol. The summed E-state index contributed by atoms with van der Waals surface area (Å²) in [6.07, 6.45) is -0.254. The Morgan fingerprint density at radius 2 is 1.95 bits per heavy atom. The van der Waals surface area contributed by atoms with E-state index in [0.717, 1.165) is 0 Å². The molecule has 1 saturated heterocycles. The molecule has 0 N–H and O–H groups in total. The Hall–Kier alpha value is -1.42. The van der Waals surface area contributed by atoms with Gasteiger partial charge in [-0.2, -0.15) is 9.57 Å². The minimum atomic E-state index is -3.56. The topological polar surface area (TPSA) is 70.4 Å². The van der Waals surface area contributed by atoms with E-state index in [4.69, 9.17) is 10.00 Å². The molecular weight excluding hydrogens is 264 g/mol. The second-order valence-corrected chi connectivity index (χ2v) is 6.66. The van der Waals surface area contributed by atoms with Gasteiger partial charge in [-0.05, 0) is 32.0 Å². The summed E-state index contributed by atoms with van der Waals surface area (Å²) < 4.78 is 32.0. The molecule has 0 aliphatic carbocycles. The van der Waals surface area contributed by atoms with E-state index >= 15 is 0 Å². The maximum atomic E-state index is 12.5. The molecule has 0 amide bonds. The molecule has 0 radical (unpaired) electrons. The van der Waals surface area contributed by atoms with Crippen LogP contribution in [-0.2, 0) is 14.8 Å². The van der Waals surface area contributed by atoms with E-state index in [-0.39, 0.29) is 17.1 Å². The lowest BCUT2D eigenvalue weighted by molar-refractivity contribution is -0.0440. The molecule has 0 saturated carbocycles. The largest absolute Gasteiger partial charge is 0.373 e. The van der Waals surface area contributed by atoms with Gasteiger partial charge in [0.15, 0.2) is 0 Å². The predicted octanol–water partition coefficient (Wildman–Crippen LogP) is 1.36. The molecule has 5 nitrogen and oxygen atoms in total. The quantitative estimate of drug-likeness (QED) is 0.820. The van der Waals surface area contributed by atoms with Crippen molar-refractivity contribution in [1.82, 2.24) is 4.31 Å². The van der Waals surface area contributed by atoms with Gasteiger partial charge >= 0.3 is 0 Å². The fraction of sp³-hybridized carbons (Fsp3) is 0.462. The van der Waals surface area contributed by atoms with Crippen LogP contribution in [0, 0.1) is 11.3 Å². The summed E-state index contributed by atoms with van der Waals surface area (Å²) in [5.41, 5.74) is 0.343. The Kier molecular flexibility index (Phi) is 3.90. The fourth-order valence-corrected chi connectivity index (χ4v) is 3.84. The average Bonchev–Trinajstić information content (AvgIpc) is 2.37. The molecule has 0 unspecified atom stereocenters. The smallest absolute Gasteiger partial charge is 0.243 e. The van der Waals surface area contributed by atoms with Gasteiger partial charge in [-0.1, -0.05) is 6.07 Å². The van der Waals surface area contributed by atoms with Crippen LogP contribution in [-0.4, -0.2) is 38.0 Å². The van der Waals surface area contributed by atoms with Gasteiger partial charge in [-0.15, -0.1) is 0 Å². The van der Waals surface area contributed by atoms with Crippen LogP contribution in [0.2, 0.25) is 0 Å². The molecule has 2 rings (SSSR count). The molecule has 1 aromatic rings. The molecule has 2 atom stereocenters. The number of nitrogens with zero attached hydrogens (tertiary/aromatic N) is 2. The van der Waals surface area contributed by atoms with E-state index in [1.54, 1.807) is 12.1 Å². The molecule has 1 heterocycles. The predicted molar refractivity (Wildman–Crippen MR) is 69.9 cm³/mol. The Balaban J connectivity index is 2.34. The number of hydrogen-bond acceptors (Lipinski definition) is 4. The summed E-state index contributed by atoms with van der Waals surface area (Å²) in [7, 11) is -3.56. The number of ether oxygens (including phenoxy) is 1. The van der Waals surface area contributed by atoms with Crippen molar-refractivity contribution >= 4 is 10.0 Å². The van der Waals surface area contributed by atoms with Crippen molar-refractivity contribution in [1.29, 1.82) is 5.26 Å². The van der Waals surface area contributed by atoms with Crippen LogP contribution in [0.5, 0.6) is 0 Å². The number of nitriles is 1. The molecule has 1 aliphatic heterocycles. The van der Waals surface area contributed by atoms with Crippen LogP contribution in [0.25, 0.3) is 0 Å². The van der Waals surface area contributed by atoms with Crippen molar-refractivity contribution in [3.63, 3.8) is 0 Å². The van der Waals surface area contributed by atoms with Gasteiger partial charge in [0, 0.05) is 13.1 Å². The zero-order valence-corrected chi connectivity index (χ0v) is 11.7. The van der Waals surface area contributed by atoms with Crippen molar-refractivity contribution in [3.8, 4) is 6.07 Å². The van der Waals surface area contributed by atoms with Gasteiger partial charge < -0.3 is 4.74 Å². The molecule has 19 heavy (non-hydrogen) atoms. The van der Waals surface area contributed by atoms with E-state index in [2.05, 4.69) is 0 Å². The molecular formula is C13H16N2O3S. The lowest BCUT2D eigenvalue weighted by Gasteiger charge is -2.34. The van der Waals surface area contributed by atoms with Gasteiger partial charge in [-0.25, -0.2) is 8.42 Å². The zero-order chi connectivity index (χ0) is 14.0. The van der Waals surface area contributed by atoms with Gasteiger partial charge in [-0.3, -0.25) is 0 Å². The highest BCUT2D eigenvalue weighted by Gasteiger charge is 2.32. The molecule has 1 aromatic carbocycles. The van der Waals surface area contributed by atoms with Gasteiger partial charge in [0.05, 0.1) is 28.7 Å². The van der Waals surface area contributed by atoms with Crippen molar-refractivity contribution in [3.05, 3.63) is 29.8 Å². The van der Waals surface area contributed by atoms with Crippen molar-refractivity contribution < 1.29 is 13.2 Å². The summed E-state index contributed by atoms with van der Waals surface area (Å²) in [6, 6.07) is 8.04. The normalized spacial score (nSPS) is 24.9. The second kappa shape index (κ2) is 5.29. The molecule has 0 spiro atoms. The fourth-order valence-electron chi connectivity index (χ4n) is 2.20.